The van der Waals surface area contributed by atoms with Crippen LogP contribution in [0.2, 0.25) is 0 Å². The Balaban J connectivity index is 1.13. The van der Waals surface area contributed by atoms with Gasteiger partial charge in [-0.05, 0) is 88.6 Å². The first-order valence-electron chi connectivity index (χ1n) is 15.5. The van der Waals surface area contributed by atoms with Crippen LogP contribution in [-0.4, -0.2) is 14.6 Å². The van der Waals surface area contributed by atoms with Crippen molar-refractivity contribution in [1.29, 1.82) is 0 Å². The number of hydrogen-bond donors (Lipinski definition) is 0. The topological polar surface area (TPSA) is 30.2 Å². The zero-order valence-electron chi connectivity index (χ0n) is 23.9. The number of aryl methyl sites for hydroxylation is 1. The molecule has 2 aliphatic carbocycles. The zero-order valence-corrected chi connectivity index (χ0v) is 24.7. The van der Waals surface area contributed by atoms with Gasteiger partial charge in [0, 0.05) is 36.5 Å². The highest BCUT2D eigenvalue weighted by atomic mass is 32.1. The fourth-order valence-corrected chi connectivity index (χ4v) is 8.77. The molecule has 0 radical (unpaired) electrons. The Morgan fingerprint density at radius 2 is 1.49 bits per heavy atom. The summed E-state index contributed by atoms with van der Waals surface area (Å²) in [6.07, 6.45) is 3.69. The number of pyridine rings is 1. The number of rotatable bonds is 5. The van der Waals surface area contributed by atoms with Crippen LogP contribution < -0.4 is 0 Å². The minimum absolute atomic E-state index is 0.827. The summed E-state index contributed by atoms with van der Waals surface area (Å²) < 4.78 is 5.01. The lowest BCUT2D eigenvalue weighted by Crippen LogP contribution is -1.94. The highest BCUT2D eigenvalue weighted by molar-refractivity contribution is 7.26. The standard InChI is InChI=1S/C39H29N3S/c1-2-7-22-18-29(37-33(19-22)30-20-25(16-17-35(30)43-37)36-31-21-32(31)36)23-12-14-24(15-13-23)38-40-41-39-28-10-4-3-8-26(28)27-9-5-6-11-34(27)42(38)39/h3-6,8-20,31-32,36H,2,7,21H2,1H3. The number of para-hydroxylation sites is 1. The van der Waals surface area contributed by atoms with Crippen LogP contribution in [0.25, 0.3) is 70.0 Å². The van der Waals surface area contributed by atoms with Crippen LogP contribution in [-0.2, 0) is 6.42 Å². The predicted octanol–water partition coefficient (Wildman–Crippen LogP) is 10.4. The quantitative estimate of drug-likeness (QED) is 0.192. The van der Waals surface area contributed by atoms with Gasteiger partial charge >= 0.3 is 0 Å². The van der Waals surface area contributed by atoms with Crippen molar-refractivity contribution in [3.63, 3.8) is 0 Å². The van der Waals surface area contributed by atoms with Crippen LogP contribution in [0.4, 0.5) is 0 Å². The molecule has 2 fully saturated rings. The van der Waals surface area contributed by atoms with E-state index in [1.54, 1.807) is 5.56 Å². The van der Waals surface area contributed by atoms with Crippen molar-refractivity contribution in [3.05, 3.63) is 114 Å². The molecule has 8 aromatic rings. The van der Waals surface area contributed by atoms with E-state index in [4.69, 9.17) is 10.2 Å². The summed E-state index contributed by atoms with van der Waals surface area (Å²) in [7, 11) is 0. The second kappa shape index (κ2) is 8.75. The summed E-state index contributed by atoms with van der Waals surface area (Å²) in [5, 5.41) is 15.8. The van der Waals surface area contributed by atoms with Gasteiger partial charge in [-0.3, -0.25) is 4.40 Å². The van der Waals surface area contributed by atoms with Crippen molar-refractivity contribution in [1.82, 2.24) is 14.6 Å². The molecule has 10 rings (SSSR count). The molecule has 3 aromatic heterocycles. The number of fused-ring (bicyclic) bond motifs is 10. The molecular weight excluding hydrogens is 543 g/mol. The molecule has 4 heteroatoms. The normalized spacial score (nSPS) is 19.1. The average Bonchev–Trinajstić information content (AvgIpc) is 3.88. The van der Waals surface area contributed by atoms with Crippen molar-refractivity contribution in [2.24, 2.45) is 11.8 Å². The van der Waals surface area contributed by atoms with Crippen LogP contribution in [0.1, 0.15) is 36.8 Å². The average molecular weight is 572 g/mol. The molecule has 2 atom stereocenters. The van der Waals surface area contributed by atoms with Gasteiger partial charge in [0.15, 0.2) is 11.5 Å². The number of benzene rings is 5. The van der Waals surface area contributed by atoms with Crippen LogP contribution in [0.3, 0.4) is 0 Å². The van der Waals surface area contributed by atoms with E-state index in [0.29, 0.717) is 0 Å². The lowest BCUT2D eigenvalue weighted by molar-refractivity contribution is 0.780. The van der Waals surface area contributed by atoms with Gasteiger partial charge in [0.2, 0.25) is 0 Å². The minimum Gasteiger partial charge on any atom is -0.274 e. The van der Waals surface area contributed by atoms with Gasteiger partial charge in [-0.25, -0.2) is 0 Å². The van der Waals surface area contributed by atoms with E-state index in [2.05, 4.69) is 114 Å². The van der Waals surface area contributed by atoms with Crippen molar-refractivity contribution in [3.8, 4) is 22.5 Å². The summed E-state index contributed by atoms with van der Waals surface area (Å²) in [5.41, 5.74) is 8.67. The molecule has 2 saturated carbocycles. The third-order valence-electron chi connectivity index (χ3n) is 9.97. The van der Waals surface area contributed by atoms with Crippen LogP contribution >= 0.6 is 11.3 Å². The van der Waals surface area contributed by atoms with E-state index in [0.717, 1.165) is 58.5 Å². The number of thiophene rings is 1. The summed E-state index contributed by atoms with van der Waals surface area (Å²) in [6, 6.07) is 38.2. The van der Waals surface area contributed by atoms with Gasteiger partial charge in [-0.1, -0.05) is 86.1 Å². The molecule has 0 saturated heterocycles. The maximum absolute atomic E-state index is 4.74. The molecule has 0 amide bonds. The van der Waals surface area contributed by atoms with E-state index in [1.165, 1.54) is 54.1 Å². The van der Waals surface area contributed by atoms with Crippen molar-refractivity contribution >= 4 is 58.8 Å². The third kappa shape index (κ3) is 3.47. The van der Waals surface area contributed by atoms with E-state index >= 15 is 0 Å². The summed E-state index contributed by atoms with van der Waals surface area (Å²) in [5.74, 6) is 3.66. The maximum atomic E-state index is 4.74. The fraction of sp³-hybridized carbons (Fsp3) is 0.179. The van der Waals surface area contributed by atoms with Gasteiger partial charge in [-0.2, -0.15) is 0 Å². The van der Waals surface area contributed by atoms with Crippen LogP contribution in [0, 0.1) is 11.8 Å². The predicted molar refractivity (Wildman–Crippen MR) is 180 cm³/mol. The van der Waals surface area contributed by atoms with Gasteiger partial charge in [-0.15, -0.1) is 21.5 Å². The van der Waals surface area contributed by atoms with Gasteiger partial charge < -0.3 is 0 Å². The Bertz CT molecular complexity index is 2400. The molecule has 5 aromatic carbocycles. The molecule has 206 valence electrons. The first-order valence-corrected chi connectivity index (χ1v) is 16.3. The van der Waals surface area contributed by atoms with Crippen molar-refractivity contribution in [2.45, 2.75) is 32.1 Å². The van der Waals surface area contributed by atoms with Crippen molar-refractivity contribution < 1.29 is 0 Å². The smallest absolute Gasteiger partial charge is 0.169 e. The van der Waals surface area contributed by atoms with Gasteiger partial charge in [0.1, 0.15) is 0 Å². The number of hydrogen-bond acceptors (Lipinski definition) is 3. The second-order valence-electron chi connectivity index (χ2n) is 12.5. The Kier molecular flexibility index (Phi) is 4.87. The maximum Gasteiger partial charge on any atom is 0.169 e. The van der Waals surface area contributed by atoms with E-state index in [1.807, 2.05) is 11.3 Å². The summed E-state index contributed by atoms with van der Waals surface area (Å²) in [4.78, 5) is 0. The molecule has 0 aliphatic heterocycles. The summed E-state index contributed by atoms with van der Waals surface area (Å²) in [6.45, 7) is 2.28. The highest BCUT2D eigenvalue weighted by Gasteiger charge is 2.64. The Hall–Kier alpha value is -4.54. The minimum atomic E-state index is 0.827. The first kappa shape index (κ1) is 24.0. The lowest BCUT2D eigenvalue weighted by Gasteiger charge is -2.11. The Labute approximate surface area is 253 Å². The van der Waals surface area contributed by atoms with E-state index < -0.39 is 0 Å². The van der Waals surface area contributed by atoms with E-state index in [9.17, 15) is 0 Å². The largest absolute Gasteiger partial charge is 0.274 e. The Morgan fingerprint density at radius 1 is 0.721 bits per heavy atom. The SMILES string of the molecule is CCCc1cc(-c2ccc(-c3nnc4c5ccccc5c5ccccc5n34)cc2)c2sc3ccc(C4C5CC54)cc3c2c1. The third-order valence-corrected chi connectivity index (χ3v) is 11.2. The molecular formula is C39H29N3S. The van der Waals surface area contributed by atoms with Crippen molar-refractivity contribution in [2.75, 3.05) is 0 Å². The lowest BCUT2D eigenvalue weighted by atomic mass is 9.95. The first-order chi connectivity index (χ1) is 21.3. The van der Waals surface area contributed by atoms with Gasteiger partial charge in [0.25, 0.3) is 0 Å². The van der Waals surface area contributed by atoms with E-state index in [-0.39, 0.29) is 0 Å². The zero-order chi connectivity index (χ0) is 28.2. The highest BCUT2D eigenvalue weighted by Crippen LogP contribution is 2.73. The second-order valence-corrected chi connectivity index (χ2v) is 13.6. The summed E-state index contributed by atoms with van der Waals surface area (Å²) >= 11 is 1.94. The molecule has 0 spiro atoms. The molecule has 0 N–H and O–H groups in total. The molecule has 3 nitrogen and oxygen atoms in total. The number of aromatic nitrogens is 3. The monoisotopic (exact) mass is 571 g/mol. The Morgan fingerprint density at radius 3 is 2.28 bits per heavy atom. The number of nitrogens with zero attached hydrogens (tertiary/aromatic N) is 3. The van der Waals surface area contributed by atoms with Gasteiger partial charge in [0.05, 0.1) is 5.52 Å². The molecule has 3 heterocycles. The fourth-order valence-electron chi connectivity index (χ4n) is 7.56. The molecule has 2 unspecified atom stereocenters. The molecule has 0 bridgehead atoms. The molecule has 2 aliphatic rings. The van der Waals surface area contributed by atoms with Crippen LogP contribution in [0.15, 0.2) is 103 Å². The molecule has 43 heavy (non-hydrogen) atoms. The van der Waals surface area contributed by atoms with Crippen LogP contribution in [0.5, 0.6) is 0 Å².